The van der Waals surface area contributed by atoms with Gasteiger partial charge in [0.2, 0.25) is 5.91 Å². The van der Waals surface area contributed by atoms with E-state index in [9.17, 15) is 4.79 Å². The second kappa shape index (κ2) is 6.91. The van der Waals surface area contributed by atoms with Gasteiger partial charge in [-0.2, -0.15) is 11.8 Å². The van der Waals surface area contributed by atoms with Crippen LogP contribution in [-0.4, -0.2) is 28.5 Å². The molecule has 3 aliphatic rings. The number of rotatable bonds is 7. The van der Waals surface area contributed by atoms with Gasteiger partial charge in [0.1, 0.15) is 5.54 Å². The molecule has 2 unspecified atom stereocenters. The fourth-order valence-electron chi connectivity index (χ4n) is 4.25. The number of nitrogens with two attached hydrogens (primary N) is 1. The van der Waals surface area contributed by atoms with E-state index in [2.05, 4.69) is 17.1 Å². The standard InChI is InChI=1S/C17H30N2OS/c18-16(20)17(19-14-8-9-14)11-4-5-13(17)10-12-21-15-6-2-1-3-7-15/h13-15,19H,1-12H2,(H2,18,20). The van der Waals surface area contributed by atoms with E-state index in [1.54, 1.807) is 0 Å². The lowest BCUT2D eigenvalue weighted by Gasteiger charge is -2.34. The molecule has 4 heteroatoms. The summed E-state index contributed by atoms with van der Waals surface area (Å²) in [5.41, 5.74) is 5.42. The largest absolute Gasteiger partial charge is 0.368 e. The average Bonchev–Trinajstić information content (AvgIpc) is 3.20. The minimum atomic E-state index is -0.381. The molecule has 0 radical (unpaired) electrons. The summed E-state index contributed by atoms with van der Waals surface area (Å²) in [5.74, 6) is 1.57. The number of hydrogen-bond acceptors (Lipinski definition) is 3. The van der Waals surface area contributed by atoms with E-state index in [1.807, 2.05) is 0 Å². The van der Waals surface area contributed by atoms with E-state index in [0.717, 1.165) is 24.5 Å². The van der Waals surface area contributed by atoms with E-state index in [1.165, 1.54) is 57.1 Å². The Morgan fingerprint density at radius 2 is 1.86 bits per heavy atom. The number of hydrogen-bond donors (Lipinski definition) is 2. The number of carbonyl (C=O) groups is 1. The molecule has 0 heterocycles. The smallest absolute Gasteiger partial charge is 0.238 e. The van der Waals surface area contributed by atoms with Gasteiger partial charge >= 0.3 is 0 Å². The predicted molar refractivity (Wildman–Crippen MR) is 89.4 cm³/mol. The minimum absolute atomic E-state index is 0.0976. The van der Waals surface area contributed by atoms with E-state index in [-0.39, 0.29) is 11.4 Å². The molecule has 3 fully saturated rings. The highest BCUT2D eigenvalue weighted by Crippen LogP contribution is 2.41. The van der Waals surface area contributed by atoms with Crippen molar-refractivity contribution in [2.24, 2.45) is 11.7 Å². The highest BCUT2D eigenvalue weighted by Gasteiger charge is 2.49. The summed E-state index contributed by atoms with van der Waals surface area (Å²) in [6.45, 7) is 0. The Hall–Kier alpha value is -0.220. The molecule has 3 nitrogen and oxygen atoms in total. The van der Waals surface area contributed by atoms with Crippen LogP contribution in [0.3, 0.4) is 0 Å². The number of amides is 1. The molecular weight excluding hydrogens is 280 g/mol. The van der Waals surface area contributed by atoms with Crippen LogP contribution in [0.5, 0.6) is 0 Å². The average molecular weight is 311 g/mol. The molecule has 0 aromatic heterocycles. The molecule has 2 atom stereocenters. The Balaban J connectivity index is 1.51. The van der Waals surface area contributed by atoms with Crippen LogP contribution in [0.4, 0.5) is 0 Å². The molecule has 0 bridgehead atoms. The van der Waals surface area contributed by atoms with Crippen molar-refractivity contribution in [3.8, 4) is 0 Å². The molecular formula is C17H30N2OS. The van der Waals surface area contributed by atoms with Gasteiger partial charge in [0, 0.05) is 11.3 Å². The van der Waals surface area contributed by atoms with E-state index >= 15 is 0 Å². The summed E-state index contributed by atoms with van der Waals surface area (Å²) in [6, 6.07) is 0.559. The second-order valence-electron chi connectivity index (χ2n) is 7.26. The molecule has 0 aliphatic heterocycles. The Bertz CT molecular complexity index is 366. The van der Waals surface area contributed by atoms with Crippen LogP contribution in [-0.2, 0) is 4.79 Å². The fraction of sp³-hybridized carbons (Fsp3) is 0.941. The van der Waals surface area contributed by atoms with Crippen LogP contribution >= 0.6 is 11.8 Å². The van der Waals surface area contributed by atoms with E-state index < -0.39 is 0 Å². The van der Waals surface area contributed by atoms with E-state index in [0.29, 0.717) is 12.0 Å². The van der Waals surface area contributed by atoms with Gasteiger partial charge in [-0.05, 0) is 56.6 Å². The Morgan fingerprint density at radius 3 is 2.52 bits per heavy atom. The van der Waals surface area contributed by atoms with Crippen molar-refractivity contribution in [3.05, 3.63) is 0 Å². The molecule has 0 saturated heterocycles. The van der Waals surface area contributed by atoms with Gasteiger partial charge in [0.15, 0.2) is 0 Å². The van der Waals surface area contributed by atoms with Crippen molar-refractivity contribution < 1.29 is 4.79 Å². The Morgan fingerprint density at radius 1 is 1.10 bits per heavy atom. The predicted octanol–water partition coefficient (Wildman–Crippen LogP) is 3.22. The van der Waals surface area contributed by atoms with Crippen molar-refractivity contribution in [2.45, 2.75) is 87.5 Å². The third-order valence-corrected chi connectivity index (χ3v) is 7.09. The molecule has 1 amide bonds. The van der Waals surface area contributed by atoms with Crippen LogP contribution in [0.2, 0.25) is 0 Å². The number of carbonyl (C=O) groups excluding carboxylic acids is 1. The SMILES string of the molecule is NC(=O)C1(NC2CC2)CCCC1CCSC1CCCCC1. The topological polar surface area (TPSA) is 55.1 Å². The summed E-state index contributed by atoms with van der Waals surface area (Å²) in [6.07, 6.45) is 13.9. The maximum atomic E-state index is 12.1. The second-order valence-corrected chi connectivity index (χ2v) is 8.67. The van der Waals surface area contributed by atoms with Crippen LogP contribution < -0.4 is 11.1 Å². The van der Waals surface area contributed by atoms with Crippen LogP contribution in [0.15, 0.2) is 0 Å². The van der Waals surface area contributed by atoms with Crippen molar-refractivity contribution in [2.75, 3.05) is 5.75 Å². The van der Waals surface area contributed by atoms with Gasteiger partial charge in [-0.3, -0.25) is 4.79 Å². The molecule has 0 aromatic rings. The first kappa shape index (κ1) is 15.7. The first-order chi connectivity index (χ1) is 10.2. The number of thioether (sulfide) groups is 1. The van der Waals surface area contributed by atoms with Crippen molar-refractivity contribution in [1.82, 2.24) is 5.32 Å². The molecule has 3 rings (SSSR count). The van der Waals surface area contributed by atoms with Crippen molar-refractivity contribution in [1.29, 1.82) is 0 Å². The van der Waals surface area contributed by atoms with Gasteiger partial charge in [-0.25, -0.2) is 0 Å². The summed E-state index contributed by atoms with van der Waals surface area (Å²) >= 11 is 2.15. The van der Waals surface area contributed by atoms with E-state index in [4.69, 9.17) is 5.73 Å². The quantitative estimate of drug-likeness (QED) is 0.759. The molecule has 21 heavy (non-hydrogen) atoms. The van der Waals surface area contributed by atoms with Gasteiger partial charge in [-0.1, -0.05) is 25.7 Å². The zero-order valence-corrected chi connectivity index (χ0v) is 13.9. The molecule has 3 saturated carbocycles. The van der Waals surface area contributed by atoms with Gasteiger partial charge in [0.05, 0.1) is 0 Å². The summed E-state index contributed by atoms with van der Waals surface area (Å²) in [4.78, 5) is 12.1. The first-order valence-corrected chi connectivity index (χ1v) is 9.95. The summed E-state index contributed by atoms with van der Waals surface area (Å²) in [5, 5.41) is 4.50. The molecule has 0 spiro atoms. The lowest BCUT2D eigenvalue weighted by Crippen LogP contribution is -2.58. The monoisotopic (exact) mass is 310 g/mol. The third-order valence-electron chi connectivity index (χ3n) is 5.67. The Kier molecular flexibility index (Phi) is 5.15. The number of primary amides is 1. The molecule has 120 valence electrons. The van der Waals surface area contributed by atoms with Crippen molar-refractivity contribution >= 4 is 17.7 Å². The lowest BCUT2D eigenvalue weighted by molar-refractivity contribution is -0.126. The van der Waals surface area contributed by atoms with Gasteiger partial charge in [-0.15, -0.1) is 0 Å². The van der Waals surface area contributed by atoms with Gasteiger partial charge < -0.3 is 11.1 Å². The Labute approximate surface area is 133 Å². The maximum absolute atomic E-state index is 12.1. The molecule has 0 aromatic carbocycles. The normalized spacial score (nSPS) is 34.2. The highest BCUT2D eigenvalue weighted by atomic mass is 32.2. The molecule has 3 aliphatic carbocycles. The van der Waals surface area contributed by atoms with Crippen LogP contribution in [0.25, 0.3) is 0 Å². The van der Waals surface area contributed by atoms with Crippen LogP contribution in [0.1, 0.15) is 70.6 Å². The van der Waals surface area contributed by atoms with Gasteiger partial charge in [0.25, 0.3) is 0 Å². The third kappa shape index (κ3) is 3.76. The van der Waals surface area contributed by atoms with Crippen molar-refractivity contribution in [3.63, 3.8) is 0 Å². The fourth-order valence-corrected chi connectivity index (χ4v) is 5.68. The number of nitrogens with one attached hydrogen (secondary N) is 1. The summed E-state index contributed by atoms with van der Waals surface area (Å²) in [7, 11) is 0. The van der Waals surface area contributed by atoms with Crippen LogP contribution in [0, 0.1) is 5.92 Å². The minimum Gasteiger partial charge on any atom is -0.368 e. The maximum Gasteiger partial charge on any atom is 0.238 e. The lowest BCUT2D eigenvalue weighted by atomic mass is 9.84. The zero-order chi connectivity index (χ0) is 14.7. The first-order valence-electron chi connectivity index (χ1n) is 8.90. The zero-order valence-electron chi connectivity index (χ0n) is 13.1. The highest BCUT2D eigenvalue weighted by molar-refractivity contribution is 7.99. The molecule has 3 N–H and O–H groups in total. The summed E-state index contributed by atoms with van der Waals surface area (Å²) < 4.78 is 0.